The van der Waals surface area contributed by atoms with Crippen LogP contribution in [0.4, 0.5) is 0 Å². The number of benzene rings is 1. The first-order valence-corrected chi connectivity index (χ1v) is 6.90. The van der Waals surface area contributed by atoms with Crippen molar-refractivity contribution in [1.82, 2.24) is 4.98 Å². The highest BCUT2D eigenvalue weighted by molar-refractivity contribution is 7.09. The third-order valence-electron chi connectivity index (χ3n) is 2.86. The Balaban J connectivity index is 2.24. The zero-order chi connectivity index (χ0) is 13.0. The van der Waals surface area contributed by atoms with Crippen molar-refractivity contribution in [3.05, 3.63) is 34.7 Å². The quantitative estimate of drug-likeness (QED) is 0.901. The Labute approximate surface area is 112 Å². The molecule has 0 aliphatic heterocycles. The lowest BCUT2D eigenvalue weighted by atomic mass is 10.1. The molecule has 0 saturated heterocycles. The number of methoxy groups -OCH3 is 1. The van der Waals surface area contributed by atoms with E-state index in [2.05, 4.69) is 17.3 Å². The van der Waals surface area contributed by atoms with Gasteiger partial charge in [0.15, 0.2) is 0 Å². The van der Waals surface area contributed by atoms with Gasteiger partial charge in [-0.05, 0) is 24.6 Å². The highest BCUT2D eigenvalue weighted by Gasteiger charge is 2.10. The van der Waals surface area contributed by atoms with Crippen molar-refractivity contribution < 1.29 is 4.74 Å². The Morgan fingerprint density at radius 3 is 2.89 bits per heavy atom. The van der Waals surface area contributed by atoms with Crippen molar-refractivity contribution in [1.29, 1.82) is 0 Å². The Morgan fingerprint density at radius 1 is 1.39 bits per heavy atom. The van der Waals surface area contributed by atoms with Gasteiger partial charge in [-0.15, -0.1) is 11.3 Å². The number of para-hydroxylation sites is 1. The predicted octanol–water partition coefficient (Wildman–Crippen LogP) is 2.96. The fourth-order valence-corrected chi connectivity index (χ4v) is 2.73. The second-order valence-electron chi connectivity index (χ2n) is 4.37. The summed E-state index contributed by atoms with van der Waals surface area (Å²) in [6.07, 6.45) is 0.941. The zero-order valence-electron chi connectivity index (χ0n) is 10.7. The number of ether oxygens (including phenoxy) is 1. The van der Waals surface area contributed by atoms with Crippen molar-refractivity contribution in [2.45, 2.75) is 13.3 Å². The maximum Gasteiger partial charge on any atom is 0.128 e. The van der Waals surface area contributed by atoms with Gasteiger partial charge >= 0.3 is 0 Å². The van der Waals surface area contributed by atoms with Crippen molar-refractivity contribution in [2.75, 3.05) is 13.7 Å². The summed E-state index contributed by atoms with van der Waals surface area (Å²) in [6.45, 7) is 2.84. The lowest BCUT2D eigenvalue weighted by molar-refractivity contribution is 0.416. The Bertz CT molecular complexity index is 510. The number of hydrogen-bond acceptors (Lipinski definition) is 4. The number of hydrogen-bond donors (Lipinski definition) is 1. The SMILES string of the molecule is COc1ccccc1-c1csc(CC(C)CN)n1. The molecule has 0 radical (unpaired) electrons. The maximum atomic E-state index is 5.64. The molecule has 4 heteroatoms. The number of rotatable bonds is 5. The van der Waals surface area contributed by atoms with Crippen LogP contribution in [0.25, 0.3) is 11.3 Å². The van der Waals surface area contributed by atoms with E-state index in [0.717, 1.165) is 28.4 Å². The summed E-state index contributed by atoms with van der Waals surface area (Å²) >= 11 is 1.69. The molecule has 0 spiro atoms. The molecule has 0 fully saturated rings. The number of aromatic nitrogens is 1. The van der Waals surface area contributed by atoms with E-state index in [1.807, 2.05) is 24.3 Å². The smallest absolute Gasteiger partial charge is 0.128 e. The van der Waals surface area contributed by atoms with Crippen LogP contribution in [0.5, 0.6) is 5.75 Å². The average molecular weight is 262 g/mol. The normalized spacial score (nSPS) is 12.4. The molecular weight excluding hydrogens is 244 g/mol. The minimum absolute atomic E-state index is 0.474. The van der Waals surface area contributed by atoms with Crippen LogP contribution in [0.1, 0.15) is 11.9 Å². The van der Waals surface area contributed by atoms with Crippen molar-refractivity contribution in [2.24, 2.45) is 11.7 Å². The summed E-state index contributed by atoms with van der Waals surface area (Å²) in [5, 5.41) is 3.21. The average Bonchev–Trinajstić information content (AvgIpc) is 2.86. The molecule has 0 aliphatic rings. The molecule has 18 heavy (non-hydrogen) atoms. The second-order valence-corrected chi connectivity index (χ2v) is 5.31. The molecule has 96 valence electrons. The summed E-state index contributed by atoms with van der Waals surface area (Å²) in [5.41, 5.74) is 7.67. The van der Waals surface area contributed by atoms with Gasteiger partial charge in [0.05, 0.1) is 17.8 Å². The van der Waals surface area contributed by atoms with E-state index in [1.54, 1.807) is 18.4 Å². The van der Waals surface area contributed by atoms with Crippen LogP contribution in [-0.2, 0) is 6.42 Å². The van der Waals surface area contributed by atoms with Crippen LogP contribution >= 0.6 is 11.3 Å². The standard InChI is InChI=1S/C14H18N2OS/c1-10(8-15)7-14-16-12(9-18-14)11-5-3-4-6-13(11)17-2/h3-6,9-10H,7-8,15H2,1-2H3. The molecule has 1 aromatic heterocycles. The molecule has 1 unspecified atom stereocenters. The molecule has 1 atom stereocenters. The number of thiazole rings is 1. The minimum atomic E-state index is 0.474. The predicted molar refractivity (Wildman–Crippen MR) is 76.0 cm³/mol. The molecule has 2 rings (SSSR count). The molecule has 2 aromatic rings. The lowest BCUT2D eigenvalue weighted by Gasteiger charge is -2.06. The highest BCUT2D eigenvalue weighted by Crippen LogP contribution is 2.30. The van der Waals surface area contributed by atoms with Crippen LogP contribution < -0.4 is 10.5 Å². The Hall–Kier alpha value is -1.39. The molecule has 0 aliphatic carbocycles. The van der Waals surface area contributed by atoms with Gasteiger partial charge in [0.1, 0.15) is 5.75 Å². The van der Waals surface area contributed by atoms with E-state index < -0.39 is 0 Å². The third-order valence-corrected chi connectivity index (χ3v) is 3.73. The van der Waals surface area contributed by atoms with Crippen LogP contribution in [0.2, 0.25) is 0 Å². The largest absolute Gasteiger partial charge is 0.496 e. The number of nitrogens with two attached hydrogens (primary N) is 1. The Morgan fingerprint density at radius 2 is 2.17 bits per heavy atom. The van der Waals surface area contributed by atoms with Gasteiger partial charge in [-0.3, -0.25) is 0 Å². The minimum Gasteiger partial charge on any atom is -0.496 e. The fraction of sp³-hybridized carbons (Fsp3) is 0.357. The molecule has 3 nitrogen and oxygen atoms in total. The molecule has 1 aromatic carbocycles. The second kappa shape index (κ2) is 5.98. The highest BCUT2D eigenvalue weighted by atomic mass is 32.1. The summed E-state index contributed by atoms with van der Waals surface area (Å²) in [4.78, 5) is 4.66. The van der Waals surface area contributed by atoms with E-state index >= 15 is 0 Å². The first-order valence-electron chi connectivity index (χ1n) is 6.02. The van der Waals surface area contributed by atoms with Gasteiger partial charge in [-0.25, -0.2) is 4.98 Å². The van der Waals surface area contributed by atoms with Gasteiger partial charge in [0, 0.05) is 17.4 Å². The molecular formula is C14H18N2OS. The molecule has 1 heterocycles. The van der Waals surface area contributed by atoms with Crippen LogP contribution in [0.15, 0.2) is 29.6 Å². The molecule has 2 N–H and O–H groups in total. The zero-order valence-corrected chi connectivity index (χ0v) is 11.5. The van der Waals surface area contributed by atoms with E-state index in [1.165, 1.54) is 0 Å². The first kappa shape index (κ1) is 13.1. The summed E-state index contributed by atoms with van der Waals surface area (Å²) < 4.78 is 5.36. The van der Waals surface area contributed by atoms with Crippen LogP contribution in [0, 0.1) is 5.92 Å². The first-order chi connectivity index (χ1) is 8.74. The topological polar surface area (TPSA) is 48.1 Å². The third kappa shape index (κ3) is 2.89. The summed E-state index contributed by atoms with van der Waals surface area (Å²) in [7, 11) is 1.68. The monoisotopic (exact) mass is 262 g/mol. The van der Waals surface area contributed by atoms with Crippen LogP contribution in [-0.4, -0.2) is 18.6 Å². The van der Waals surface area contributed by atoms with E-state index in [0.29, 0.717) is 12.5 Å². The van der Waals surface area contributed by atoms with Crippen molar-refractivity contribution in [3.63, 3.8) is 0 Å². The van der Waals surface area contributed by atoms with Gasteiger partial charge in [0.2, 0.25) is 0 Å². The van der Waals surface area contributed by atoms with Gasteiger partial charge in [-0.1, -0.05) is 19.1 Å². The van der Waals surface area contributed by atoms with Crippen molar-refractivity contribution in [3.8, 4) is 17.0 Å². The van der Waals surface area contributed by atoms with E-state index in [9.17, 15) is 0 Å². The van der Waals surface area contributed by atoms with E-state index in [-0.39, 0.29) is 0 Å². The maximum absolute atomic E-state index is 5.64. The van der Waals surface area contributed by atoms with E-state index in [4.69, 9.17) is 10.5 Å². The Kier molecular flexibility index (Phi) is 4.33. The molecule has 0 amide bonds. The van der Waals surface area contributed by atoms with Gasteiger partial charge < -0.3 is 10.5 Å². The lowest BCUT2D eigenvalue weighted by Crippen LogP contribution is -2.12. The summed E-state index contributed by atoms with van der Waals surface area (Å²) in [5.74, 6) is 1.34. The molecule has 0 saturated carbocycles. The van der Waals surface area contributed by atoms with Crippen molar-refractivity contribution >= 4 is 11.3 Å². The van der Waals surface area contributed by atoms with Gasteiger partial charge in [-0.2, -0.15) is 0 Å². The van der Waals surface area contributed by atoms with Crippen LogP contribution in [0.3, 0.4) is 0 Å². The number of nitrogens with zero attached hydrogens (tertiary/aromatic N) is 1. The molecule has 0 bridgehead atoms. The fourth-order valence-electron chi connectivity index (χ4n) is 1.77. The summed E-state index contributed by atoms with van der Waals surface area (Å²) in [6, 6.07) is 7.95. The van der Waals surface area contributed by atoms with Gasteiger partial charge in [0.25, 0.3) is 0 Å².